The highest BCUT2D eigenvalue weighted by molar-refractivity contribution is 5.31. The Hall–Kier alpha value is -1.13. The highest BCUT2D eigenvalue weighted by atomic mass is 19.1. The second-order valence-electron chi connectivity index (χ2n) is 5.51. The second kappa shape index (κ2) is 6.35. The molecule has 1 aromatic carbocycles. The van der Waals surface area contributed by atoms with E-state index in [2.05, 4.69) is 5.32 Å². The lowest BCUT2D eigenvalue weighted by molar-refractivity contribution is 0.0122. The first-order chi connectivity index (χ1) is 8.77. The zero-order valence-corrected chi connectivity index (χ0v) is 12.3. The van der Waals surface area contributed by atoms with E-state index in [4.69, 9.17) is 4.74 Å². The number of hydrogen-bond acceptors (Lipinski definition) is 3. The molecule has 1 rings (SSSR count). The predicted octanol–water partition coefficient (Wildman–Crippen LogP) is 2.89. The Morgan fingerprint density at radius 3 is 2.53 bits per heavy atom. The second-order valence-corrected chi connectivity index (χ2v) is 5.51. The van der Waals surface area contributed by atoms with Gasteiger partial charge in [-0.15, -0.1) is 0 Å². The SMILES string of the molecule is COc1cc(C(C)NCC(C)(O)C(C)C)ccc1F. The normalized spacial score (nSPS) is 16.2. The summed E-state index contributed by atoms with van der Waals surface area (Å²) in [5.41, 5.74) is 0.163. The molecule has 2 N–H and O–H groups in total. The number of methoxy groups -OCH3 is 1. The van der Waals surface area contributed by atoms with Gasteiger partial charge in [0.25, 0.3) is 0 Å². The van der Waals surface area contributed by atoms with Crippen LogP contribution in [0.15, 0.2) is 18.2 Å². The van der Waals surface area contributed by atoms with Crippen molar-refractivity contribution >= 4 is 0 Å². The van der Waals surface area contributed by atoms with Gasteiger partial charge in [-0.1, -0.05) is 19.9 Å². The molecule has 0 radical (unpaired) electrons. The molecule has 2 unspecified atom stereocenters. The largest absolute Gasteiger partial charge is 0.494 e. The fourth-order valence-electron chi connectivity index (χ4n) is 1.63. The lowest BCUT2D eigenvalue weighted by atomic mass is 9.92. The average Bonchev–Trinajstić information content (AvgIpc) is 2.36. The molecule has 0 fully saturated rings. The first kappa shape index (κ1) is 15.9. The van der Waals surface area contributed by atoms with Crippen molar-refractivity contribution in [3.05, 3.63) is 29.6 Å². The summed E-state index contributed by atoms with van der Waals surface area (Å²) in [6.07, 6.45) is 0. The van der Waals surface area contributed by atoms with E-state index in [0.29, 0.717) is 6.54 Å². The third kappa shape index (κ3) is 4.18. The topological polar surface area (TPSA) is 41.5 Å². The van der Waals surface area contributed by atoms with Gasteiger partial charge >= 0.3 is 0 Å². The van der Waals surface area contributed by atoms with Crippen LogP contribution in [0.2, 0.25) is 0 Å². The lowest BCUT2D eigenvalue weighted by Gasteiger charge is -2.29. The van der Waals surface area contributed by atoms with Gasteiger partial charge in [-0.05, 0) is 37.5 Å². The Morgan fingerprint density at radius 2 is 2.00 bits per heavy atom. The minimum absolute atomic E-state index is 0.0136. The number of nitrogens with one attached hydrogen (secondary N) is 1. The molecule has 0 aliphatic heterocycles. The van der Waals surface area contributed by atoms with Gasteiger partial charge in [0.05, 0.1) is 12.7 Å². The van der Waals surface area contributed by atoms with Crippen LogP contribution in [0.4, 0.5) is 4.39 Å². The number of hydrogen-bond donors (Lipinski definition) is 2. The van der Waals surface area contributed by atoms with Gasteiger partial charge < -0.3 is 15.2 Å². The smallest absolute Gasteiger partial charge is 0.165 e. The first-order valence-electron chi connectivity index (χ1n) is 6.57. The molecule has 0 amide bonds. The van der Waals surface area contributed by atoms with Gasteiger partial charge in [0.1, 0.15) is 0 Å². The van der Waals surface area contributed by atoms with Gasteiger partial charge in [0, 0.05) is 12.6 Å². The summed E-state index contributed by atoms with van der Waals surface area (Å²) >= 11 is 0. The molecule has 1 aromatic rings. The van der Waals surface area contributed by atoms with Crippen molar-refractivity contribution in [2.75, 3.05) is 13.7 Å². The molecule has 3 nitrogen and oxygen atoms in total. The van der Waals surface area contributed by atoms with Crippen molar-refractivity contribution in [1.82, 2.24) is 5.32 Å². The standard InChI is InChI=1S/C15H24FNO2/c1-10(2)15(4,18)9-17-11(3)12-6-7-13(16)14(8-12)19-5/h6-8,10-11,17-18H,9H2,1-5H3. The van der Waals surface area contributed by atoms with Crippen molar-refractivity contribution < 1.29 is 14.2 Å². The van der Waals surface area contributed by atoms with Gasteiger partial charge in [0.15, 0.2) is 11.6 Å². The van der Waals surface area contributed by atoms with Gasteiger partial charge in [-0.2, -0.15) is 0 Å². The van der Waals surface area contributed by atoms with E-state index < -0.39 is 5.60 Å². The van der Waals surface area contributed by atoms with Crippen LogP contribution in [-0.4, -0.2) is 24.4 Å². The van der Waals surface area contributed by atoms with E-state index in [-0.39, 0.29) is 23.5 Å². The Balaban J connectivity index is 2.71. The van der Waals surface area contributed by atoms with E-state index in [1.807, 2.05) is 27.7 Å². The van der Waals surface area contributed by atoms with Crippen LogP contribution in [0.1, 0.15) is 39.3 Å². The van der Waals surface area contributed by atoms with Crippen LogP contribution in [0.25, 0.3) is 0 Å². The predicted molar refractivity (Wildman–Crippen MR) is 74.8 cm³/mol. The average molecular weight is 269 g/mol. The maximum absolute atomic E-state index is 13.3. The third-order valence-corrected chi connectivity index (χ3v) is 3.69. The quantitative estimate of drug-likeness (QED) is 0.834. The van der Waals surface area contributed by atoms with Gasteiger partial charge in [-0.25, -0.2) is 4.39 Å². The van der Waals surface area contributed by atoms with Crippen LogP contribution < -0.4 is 10.1 Å². The Kier molecular flexibility index (Phi) is 5.32. The van der Waals surface area contributed by atoms with Crippen molar-refractivity contribution in [2.45, 2.75) is 39.3 Å². The van der Waals surface area contributed by atoms with Crippen molar-refractivity contribution in [1.29, 1.82) is 0 Å². The van der Waals surface area contributed by atoms with Crippen LogP contribution >= 0.6 is 0 Å². The summed E-state index contributed by atoms with van der Waals surface area (Å²) in [4.78, 5) is 0. The van der Waals surface area contributed by atoms with Crippen molar-refractivity contribution in [3.63, 3.8) is 0 Å². The molecule has 108 valence electrons. The van der Waals surface area contributed by atoms with Gasteiger partial charge in [0.2, 0.25) is 0 Å². The fraction of sp³-hybridized carbons (Fsp3) is 0.600. The molecule has 0 spiro atoms. The number of ether oxygens (including phenoxy) is 1. The summed E-state index contributed by atoms with van der Waals surface area (Å²) in [6.45, 7) is 8.22. The van der Waals surface area contributed by atoms with Crippen molar-refractivity contribution in [3.8, 4) is 5.75 Å². The molecule has 0 heterocycles. The van der Waals surface area contributed by atoms with Crippen LogP contribution in [0, 0.1) is 11.7 Å². The molecule has 0 aliphatic carbocycles. The maximum Gasteiger partial charge on any atom is 0.165 e. The van der Waals surface area contributed by atoms with Crippen LogP contribution in [-0.2, 0) is 0 Å². The number of benzene rings is 1. The summed E-state index contributed by atoms with van der Waals surface area (Å²) in [5, 5.41) is 13.4. The maximum atomic E-state index is 13.3. The van der Waals surface area contributed by atoms with E-state index in [9.17, 15) is 9.50 Å². The van der Waals surface area contributed by atoms with Crippen molar-refractivity contribution in [2.24, 2.45) is 5.92 Å². The zero-order valence-electron chi connectivity index (χ0n) is 12.3. The Bertz CT molecular complexity index is 419. The highest BCUT2D eigenvalue weighted by Crippen LogP contribution is 2.23. The van der Waals surface area contributed by atoms with E-state index in [1.54, 1.807) is 12.1 Å². The molecule has 0 bridgehead atoms. The van der Waals surface area contributed by atoms with E-state index >= 15 is 0 Å². The van der Waals surface area contributed by atoms with E-state index in [0.717, 1.165) is 5.56 Å². The molecule has 4 heteroatoms. The van der Waals surface area contributed by atoms with Gasteiger partial charge in [-0.3, -0.25) is 0 Å². The minimum atomic E-state index is -0.765. The first-order valence-corrected chi connectivity index (χ1v) is 6.57. The lowest BCUT2D eigenvalue weighted by Crippen LogP contribution is -2.42. The summed E-state index contributed by atoms with van der Waals surface area (Å²) in [6, 6.07) is 4.81. The fourth-order valence-corrected chi connectivity index (χ4v) is 1.63. The van der Waals surface area contributed by atoms with E-state index in [1.165, 1.54) is 13.2 Å². The molecule has 2 atom stereocenters. The third-order valence-electron chi connectivity index (χ3n) is 3.69. The Labute approximate surface area is 114 Å². The number of halogens is 1. The van der Waals surface area contributed by atoms with Crippen LogP contribution in [0.5, 0.6) is 5.75 Å². The molecule has 0 saturated heterocycles. The summed E-state index contributed by atoms with van der Waals surface area (Å²) in [7, 11) is 1.45. The molecular formula is C15H24FNO2. The monoisotopic (exact) mass is 269 g/mol. The Morgan fingerprint density at radius 1 is 1.37 bits per heavy atom. The minimum Gasteiger partial charge on any atom is -0.494 e. The number of rotatable bonds is 6. The number of aliphatic hydroxyl groups is 1. The summed E-state index contributed by atoms with van der Waals surface area (Å²) < 4.78 is 18.3. The molecule has 0 aromatic heterocycles. The molecule has 19 heavy (non-hydrogen) atoms. The molecule has 0 aliphatic rings. The highest BCUT2D eigenvalue weighted by Gasteiger charge is 2.25. The molecule has 0 saturated carbocycles. The molecular weight excluding hydrogens is 245 g/mol. The van der Waals surface area contributed by atoms with Crippen LogP contribution in [0.3, 0.4) is 0 Å². The summed E-state index contributed by atoms with van der Waals surface area (Å²) in [5.74, 6) is 0.0318. The zero-order chi connectivity index (χ0) is 14.6.